The van der Waals surface area contributed by atoms with E-state index in [1.807, 2.05) is 6.92 Å². The van der Waals surface area contributed by atoms with E-state index >= 15 is 0 Å². The fourth-order valence-corrected chi connectivity index (χ4v) is 3.04. The SMILES string of the molecule is CCCC(=O)NCC1CCCN(C(=O)NCc2ccc(C(=O)O)cc2)C1. The van der Waals surface area contributed by atoms with Gasteiger partial charge < -0.3 is 20.6 Å². The van der Waals surface area contributed by atoms with Gasteiger partial charge in [-0.2, -0.15) is 0 Å². The van der Waals surface area contributed by atoms with Crippen LogP contribution in [-0.2, 0) is 11.3 Å². The number of likely N-dealkylation sites (tertiary alicyclic amines) is 1. The van der Waals surface area contributed by atoms with Crippen molar-refractivity contribution in [2.75, 3.05) is 19.6 Å². The molecule has 2 rings (SSSR count). The fourth-order valence-electron chi connectivity index (χ4n) is 3.04. The van der Waals surface area contributed by atoms with E-state index in [1.165, 1.54) is 12.1 Å². The molecule has 1 heterocycles. The Hall–Kier alpha value is -2.57. The topological polar surface area (TPSA) is 98.7 Å². The molecule has 7 nitrogen and oxygen atoms in total. The Bertz CT molecular complexity index is 630. The Morgan fingerprint density at radius 3 is 2.58 bits per heavy atom. The van der Waals surface area contributed by atoms with E-state index in [2.05, 4.69) is 10.6 Å². The van der Waals surface area contributed by atoms with Crippen LogP contribution in [0.3, 0.4) is 0 Å². The Labute approximate surface area is 153 Å². The third-order valence-corrected chi connectivity index (χ3v) is 4.52. The average Bonchev–Trinajstić information content (AvgIpc) is 2.65. The van der Waals surface area contributed by atoms with Crippen LogP contribution in [0.25, 0.3) is 0 Å². The summed E-state index contributed by atoms with van der Waals surface area (Å²) in [6.07, 6.45) is 3.30. The van der Waals surface area contributed by atoms with E-state index < -0.39 is 5.97 Å². The van der Waals surface area contributed by atoms with Crippen LogP contribution in [0.4, 0.5) is 4.79 Å². The summed E-state index contributed by atoms with van der Waals surface area (Å²) in [7, 11) is 0. The number of benzene rings is 1. The number of carbonyl (C=O) groups is 3. The van der Waals surface area contributed by atoms with Crippen molar-refractivity contribution < 1.29 is 19.5 Å². The third-order valence-electron chi connectivity index (χ3n) is 4.52. The van der Waals surface area contributed by atoms with Gasteiger partial charge in [0.15, 0.2) is 0 Å². The van der Waals surface area contributed by atoms with Crippen LogP contribution < -0.4 is 10.6 Å². The summed E-state index contributed by atoms with van der Waals surface area (Å²) in [6, 6.07) is 6.33. The van der Waals surface area contributed by atoms with Gasteiger partial charge in [0.2, 0.25) is 5.91 Å². The van der Waals surface area contributed by atoms with Gasteiger partial charge in [-0.3, -0.25) is 4.79 Å². The molecule has 0 spiro atoms. The molecule has 0 bridgehead atoms. The first kappa shape index (κ1) is 19.8. The van der Waals surface area contributed by atoms with Crippen molar-refractivity contribution in [1.29, 1.82) is 0 Å². The highest BCUT2D eigenvalue weighted by Gasteiger charge is 2.23. The molecular weight excluding hydrogens is 334 g/mol. The molecular formula is C19H27N3O4. The van der Waals surface area contributed by atoms with E-state index in [0.29, 0.717) is 32.6 Å². The van der Waals surface area contributed by atoms with Gasteiger partial charge in [0.25, 0.3) is 0 Å². The van der Waals surface area contributed by atoms with Crippen molar-refractivity contribution in [3.8, 4) is 0 Å². The van der Waals surface area contributed by atoms with Crippen LogP contribution in [0.1, 0.15) is 48.5 Å². The lowest BCUT2D eigenvalue weighted by atomic mass is 9.98. The highest BCUT2D eigenvalue weighted by atomic mass is 16.4. The van der Waals surface area contributed by atoms with Gasteiger partial charge in [0, 0.05) is 32.6 Å². The predicted molar refractivity (Wildman–Crippen MR) is 97.9 cm³/mol. The summed E-state index contributed by atoms with van der Waals surface area (Å²) in [5, 5.41) is 14.7. The number of piperidine rings is 1. The number of carbonyl (C=O) groups excluding carboxylic acids is 2. The molecule has 1 aliphatic rings. The first-order valence-corrected chi connectivity index (χ1v) is 9.11. The maximum absolute atomic E-state index is 12.4. The van der Waals surface area contributed by atoms with Gasteiger partial charge in [0.05, 0.1) is 5.56 Å². The summed E-state index contributed by atoms with van der Waals surface area (Å²) in [5.74, 6) is -0.616. The lowest BCUT2D eigenvalue weighted by molar-refractivity contribution is -0.121. The molecule has 26 heavy (non-hydrogen) atoms. The van der Waals surface area contributed by atoms with Crippen molar-refractivity contribution in [2.45, 2.75) is 39.2 Å². The molecule has 3 N–H and O–H groups in total. The molecule has 1 aromatic rings. The average molecular weight is 361 g/mol. The molecule has 3 amide bonds. The van der Waals surface area contributed by atoms with E-state index in [-0.39, 0.29) is 23.4 Å². The number of carboxylic acid groups (broad SMARTS) is 1. The third kappa shape index (κ3) is 6.06. The van der Waals surface area contributed by atoms with E-state index in [0.717, 1.165) is 24.8 Å². The molecule has 1 unspecified atom stereocenters. The Morgan fingerprint density at radius 2 is 1.92 bits per heavy atom. The van der Waals surface area contributed by atoms with Crippen molar-refractivity contribution in [3.05, 3.63) is 35.4 Å². The van der Waals surface area contributed by atoms with E-state index in [4.69, 9.17) is 5.11 Å². The molecule has 1 atom stereocenters. The van der Waals surface area contributed by atoms with Gasteiger partial charge in [-0.15, -0.1) is 0 Å². The van der Waals surface area contributed by atoms with Crippen molar-refractivity contribution in [2.24, 2.45) is 5.92 Å². The van der Waals surface area contributed by atoms with Crippen molar-refractivity contribution in [1.82, 2.24) is 15.5 Å². The van der Waals surface area contributed by atoms with Crippen molar-refractivity contribution in [3.63, 3.8) is 0 Å². The fraction of sp³-hybridized carbons (Fsp3) is 0.526. The quantitative estimate of drug-likeness (QED) is 0.693. The highest BCUT2D eigenvalue weighted by molar-refractivity contribution is 5.87. The predicted octanol–water partition coefficient (Wildman–Crippen LogP) is 2.22. The Kier molecular flexibility index (Phi) is 7.44. The first-order chi connectivity index (χ1) is 12.5. The Balaban J connectivity index is 1.77. The normalized spacial score (nSPS) is 16.8. The second-order valence-electron chi connectivity index (χ2n) is 6.67. The summed E-state index contributed by atoms with van der Waals surface area (Å²) < 4.78 is 0. The van der Waals surface area contributed by atoms with Crippen LogP contribution in [0.15, 0.2) is 24.3 Å². The van der Waals surface area contributed by atoms with Gasteiger partial charge in [0.1, 0.15) is 0 Å². The molecule has 1 aromatic carbocycles. The molecule has 7 heteroatoms. The minimum atomic E-state index is -0.967. The maximum atomic E-state index is 12.4. The number of nitrogens with zero attached hydrogens (tertiary/aromatic N) is 1. The standard InChI is InChI=1S/C19H27N3O4/c1-2-4-17(23)20-12-15-5-3-10-22(13-15)19(26)21-11-14-6-8-16(9-7-14)18(24)25/h6-9,15H,2-5,10-13H2,1H3,(H,20,23)(H,21,26)(H,24,25). The van der Waals surface area contributed by atoms with Crippen LogP contribution in [0, 0.1) is 5.92 Å². The molecule has 0 aliphatic carbocycles. The first-order valence-electron chi connectivity index (χ1n) is 9.11. The molecule has 1 saturated heterocycles. The second-order valence-corrected chi connectivity index (χ2v) is 6.67. The number of hydrogen-bond donors (Lipinski definition) is 3. The number of amides is 3. The smallest absolute Gasteiger partial charge is 0.335 e. The van der Waals surface area contributed by atoms with E-state index in [9.17, 15) is 14.4 Å². The highest BCUT2D eigenvalue weighted by Crippen LogP contribution is 2.16. The summed E-state index contributed by atoms with van der Waals surface area (Å²) in [4.78, 5) is 36.6. The molecule has 0 aromatic heterocycles. The minimum Gasteiger partial charge on any atom is -0.478 e. The monoisotopic (exact) mass is 361 g/mol. The van der Waals surface area contributed by atoms with Crippen LogP contribution in [0.2, 0.25) is 0 Å². The van der Waals surface area contributed by atoms with Gasteiger partial charge in [-0.25, -0.2) is 9.59 Å². The molecule has 1 fully saturated rings. The van der Waals surface area contributed by atoms with E-state index in [1.54, 1.807) is 17.0 Å². The number of nitrogens with one attached hydrogen (secondary N) is 2. The largest absolute Gasteiger partial charge is 0.478 e. The maximum Gasteiger partial charge on any atom is 0.335 e. The molecule has 0 radical (unpaired) electrons. The molecule has 142 valence electrons. The molecule has 0 saturated carbocycles. The Morgan fingerprint density at radius 1 is 1.19 bits per heavy atom. The lowest BCUT2D eigenvalue weighted by Crippen LogP contribution is -2.47. The van der Waals surface area contributed by atoms with Crippen LogP contribution in [0.5, 0.6) is 0 Å². The molecule has 1 aliphatic heterocycles. The number of carboxylic acids is 1. The number of rotatable bonds is 7. The van der Waals surface area contributed by atoms with Gasteiger partial charge in [-0.05, 0) is 42.9 Å². The van der Waals surface area contributed by atoms with Crippen LogP contribution >= 0.6 is 0 Å². The summed E-state index contributed by atoms with van der Waals surface area (Å²) >= 11 is 0. The minimum absolute atomic E-state index is 0.0684. The summed E-state index contributed by atoms with van der Waals surface area (Å²) in [6.45, 7) is 4.28. The zero-order valence-corrected chi connectivity index (χ0v) is 15.2. The zero-order valence-electron chi connectivity index (χ0n) is 15.2. The van der Waals surface area contributed by atoms with Gasteiger partial charge >= 0.3 is 12.0 Å². The summed E-state index contributed by atoms with van der Waals surface area (Å²) in [5.41, 5.74) is 1.08. The van der Waals surface area contributed by atoms with Gasteiger partial charge in [-0.1, -0.05) is 19.1 Å². The number of urea groups is 1. The second kappa shape index (κ2) is 9.79. The van der Waals surface area contributed by atoms with Crippen LogP contribution in [-0.4, -0.2) is 47.5 Å². The number of hydrogen-bond acceptors (Lipinski definition) is 3. The van der Waals surface area contributed by atoms with Crippen molar-refractivity contribution >= 4 is 17.9 Å². The number of aromatic carboxylic acids is 1. The lowest BCUT2D eigenvalue weighted by Gasteiger charge is -2.33. The zero-order chi connectivity index (χ0) is 18.9.